The highest BCUT2D eigenvalue weighted by Crippen LogP contribution is 2.29. The van der Waals surface area contributed by atoms with Crippen LogP contribution in [0, 0.1) is 34.6 Å². The summed E-state index contributed by atoms with van der Waals surface area (Å²) >= 11 is 0. The van der Waals surface area contributed by atoms with Gasteiger partial charge >= 0.3 is 0 Å². The van der Waals surface area contributed by atoms with Crippen molar-refractivity contribution < 1.29 is 4.79 Å². The number of fused-ring (bicyclic) bond motifs is 1. The van der Waals surface area contributed by atoms with Gasteiger partial charge in [0.05, 0.1) is 11.4 Å². The second-order valence-corrected chi connectivity index (χ2v) is 9.08. The van der Waals surface area contributed by atoms with E-state index in [9.17, 15) is 4.79 Å². The van der Waals surface area contributed by atoms with Gasteiger partial charge in [0.15, 0.2) is 5.65 Å². The van der Waals surface area contributed by atoms with Gasteiger partial charge < -0.3 is 9.80 Å². The Balaban J connectivity index is 1.59. The molecule has 1 aromatic carbocycles. The molecule has 0 spiro atoms. The monoisotopic (exact) mass is 433 g/mol. The Hall–Kier alpha value is -2.73. The summed E-state index contributed by atoms with van der Waals surface area (Å²) in [7, 11) is 0. The summed E-state index contributed by atoms with van der Waals surface area (Å²) in [6, 6.07) is 6.40. The normalized spacial score (nSPS) is 15.0. The van der Waals surface area contributed by atoms with Gasteiger partial charge in [-0.1, -0.05) is 13.0 Å². The van der Waals surface area contributed by atoms with Crippen molar-refractivity contribution in [1.82, 2.24) is 24.6 Å². The lowest BCUT2D eigenvalue weighted by atomic mass is 9.99. The zero-order valence-corrected chi connectivity index (χ0v) is 20.3. The van der Waals surface area contributed by atoms with Crippen molar-refractivity contribution in [3.05, 3.63) is 51.8 Å². The van der Waals surface area contributed by atoms with Crippen LogP contribution in [0.15, 0.2) is 18.2 Å². The van der Waals surface area contributed by atoms with Gasteiger partial charge in [0.25, 0.3) is 0 Å². The van der Waals surface area contributed by atoms with Gasteiger partial charge in [0, 0.05) is 43.7 Å². The molecule has 0 atom stereocenters. The van der Waals surface area contributed by atoms with Crippen molar-refractivity contribution in [1.29, 1.82) is 0 Å². The van der Waals surface area contributed by atoms with E-state index in [4.69, 9.17) is 10.1 Å². The summed E-state index contributed by atoms with van der Waals surface area (Å²) < 4.78 is 1.96. The van der Waals surface area contributed by atoms with Gasteiger partial charge in [-0.2, -0.15) is 5.10 Å². The molecule has 3 aromatic rings. The number of piperazine rings is 1. The van der Waals surface area contributed by atoms with E-state index in [0.717, 1.165) is 67.3 Å². The number of benzene rings is 1. The Labute approximate surface area is 191 Å². The molecule has 0 radical (unpaired) electrons. The fourth-order valence-corrected chi connectivity index (χ4v) is 4.82. The first-order valence-electron chi connectivity index (χ1n) is 11.7. The maximum Gasteiger partial charge on any atom is 0.222 e. The van der Waals surface area contributed by atoms with Crippen LogP contribution in [0.2, 0.25) is 0 Å². The minimum Gasteiger partial charge on any atom is -0.340 e. The van der Waals surface area contributed by atoms with Crippen molar-refractivity contribution >= 4 is 16.9 Å². The molecular weight excluding hydrogens is 398 g/mol. The van der Waals surface area contributed by atoms with Crippen LogP contribution in [0.5, 0.6) is 0 Å². The first-order valence-corrected chi connectivity index (χ1v) is 11.7. The van der Waals surface area contributed by atoms with E-state index in [1.165, 1.54) is 22.3 Å². The topological polar surface area (TPSA) is 54.3 Å². The zero-order valence-electron chi connectivity index (χ0n) is 20.3. The molecule has 0 aliphatic carbocycles. The largest absolute Gasteiger partial charge is 0.340 e. The lowest BCUT2D eigenvalue weighted by Gasteiger charge is -2.34. The SMILES string of the molecule is CCN1CCN(C(=O)CCc2c(C)nc3c(c(C)nn3-c3ccc(C)c(C)c3)c2C)CC1. The summed E-state index contributed by atoms with van der Waals surface area (Å²) in [5.41, 5.74) is 8.79. The number of aryl methyl sites for hydroxylation is 5. The van der Waals surface area contributed by atoms with Crippen LogP contribution in [0.4, 0.5) is 0 Å². The lowest BCUT2D eigenvalue weighted by Crippen LogP contribution is -2.48. The molecule has 0 N–H and O–H groups in total. The van der Waals surface area contributed by atoms with Crippen molar-refractivity contribution in [3.8, 4) is 5.69 Å². The highest BCUT2D eigenvalue weighted by Gasteiger charge is 2.22. The van der Waals surface area contributed by atoms with E-state index in [1.54, 1.807) is 0 Å². The molecule has 6 nitrogen and oxygen atoms in total. The van der Waals surface area contributed by atoms with E-state index in [2.05, 4.69) is 57.7 Å². The molecule has 32 heavy (non-hydrogen) atoms. The van der Waals surface area contributed by atoms with E-state index in [1.807, 2.05) is 16.5 Å². The number of hydrogen-bond acceptors (Lipinski definition) is 4. The minimum atomic E-state index is 0.252. The molecule has 1 amide bonds. The van der Waals surface area contributed by atoms with Gasteiger partial charge in [-0.3, -0.25) is 4.79 Å². The number of carbonyl (C=O) groups excluding carboxylic acids is 1. The molecule has 2 aromatic heterocycles. The van der Waals surface area contributed by atoms with Gasteiger partial charge in [-0.05, 0) is 82.0 Å². The molecule has 0 bridgehead atoms. The standard InChI is InChI=1S/C26H35N5O/c1-7-29-12-14-30(15-13-29)24(32)11-10-23-19(4)25-21(6)28-31(26(25)27-20(23)5)22-9-8-17(2)18(3)16-22/h8-9,16H,7,10-15H2,1-6H3. The Bertz CT molecular complexity index is 1150. The number of hydrogen-bond donors (Lipinski definition) is 0. The highest BCUT2D eigenvalue weighted by atomic mass is 16.2. The van der Waals surface area contributed by atoms with Crippen LogP contribution in [-0.4, -0.2) is 63.2 Å². The van der Waals surface area contributed by atoms with Crippen LogP contribution in [0.1, 0.15) is 47.0 Å². The first kappa shape index (κ1) is 22.5. The third-order valence-corrected chi connectivity index (χ3v) is 7.07. The van der Waals surface area contributed by atoms with E-state index >= 15 is 0 Å². The lowest BCUT2D eigenvalue weighted by molar-refractivity contribution is -0.132. The molecule has 1 fully saturated rings. The molecule has 4 rings (SSSR count). The molecule has 3 heterocycles. The van der Waals surface area contributed by atoms with Crippen molar-refractivity contribution in [2.75, 3.05) is 32.7 Å². The average molecular weight is 434 g/mol. The van der Waals surface area contributed by atoms with Crippen LogP contribution in [0.25, 0.3) is 16.7 Å². The van der Waals surface area contributed by atoms with Crippen molar-refractivity contribution in [2.45, 2.75) is 54.4 Å². The quantitative estimate of drug-likeness (QED) is 0.609. The fourth-order valence-electron chi connectivity index (χ4n) is 4.82. The Morgan fingerprint density at radius 1 is 0.969 bits per heavy atom. The van der Waals surface area contributed by atoms with Gasteiger partial charge in [0.2, 0.25) is 5.91 Å². The number of likely N-dealkylation sites (N-methyl/N-ethyl adjacent to an activating group) is 1. The molecular formula is C26H35N5O. The second-order valence-electron chi connectivity index (χ2n) is 9.08. The van der Waals surface area contributed by atoms with Crippen LogP contribution in [0.3, 0.4) is 0 Å². The van der Waals surface area contributed by atoms with Gasteiger partial charge in [-0.25, -0.2) is 9.67 Å². The van der Waals surface area contributed by atoms with E-state index < -0.39 is 0 Å². The number of nitrogens with zero attached hydrogens (tertiary/aromatic N) is 5. The van der Waals surface area contributed by atoms with Gasteiger partial charge in [0.1, 0.15) is 0 Å². The Kier molecular flexibility index (Phi) is 6.33. The Morgan fingerprint density at radius 3 is 2.34 bits per heavy atom. The van der Waals surface area contributed by atoms with E-state index in [-0.39, 0.29) is 5.91 Å². The first-order chi connectivity index (χ1) is 15.3. The summed E-state index contributed by atoms with van der Waals surface area (Å²) in [4.78, 5) is 22.2. The Morgan fingerprint density at radius 2 is 1.69 bits per heavy atom. The second kappa shape index (κ2) is 9.02. The summed E-state index contributed by atoms with van der Waals surface area (Å²) in [5, 5.41) is 5.94. The molecule has 0 unspecified atom stereocenters. The number of rotatable bonds is 5. The molecule has 1 saturated heterocycles. The zero-order chi connectivity index (χ0) is 23.0. The predicted molar refractivity (Wildman–Crippen MR) is 130 cm³/mol. The van der Waals surface area contributed by atoms with Crippen LogP contribution < -0.4 is 0 Å². The number of aromatic nitrogens is 3. The third-order valence-electron chi connectivity index (χ3n) is 7.07. The number of pyridine rings is 1. The number of amides is 1. The average Bonchev–Trinajstić information content (AvgIpc) is 3.11. The fraction of sp³-hybridized carbons (Fsp3) is 0.500. The molecule has 1 aliphatic heterocycles. The van der Waals surface area contributed by atoms with Crippen molar-refractivity contribution in [3.63, 3.8) is 0 Å². The number of carbonyl (C=O) groups is 1. The minimum absolute atomic E-state index is 0.252. The smallest absolute Gasteiger partial charge is 0.222 e. The summed E-state index contributed by atoms with van der Waals surface area (Å²) in [6.45, 7) is 17.4. The van der Waals surface area contributed by atoms with Crippen LogP contribution >= 0.6 is 0 Å². The molecule has 0 saturated carbocycles. The predicted octanol–water partition coefficient (Wildman–Crippen LogP) is 4.06. The maximum atomic E-state index is 12.8. The van der Waals surface area contributed by atoms with E-state index in [0.29, 0.717) is 6.42 Å². The molecule has 6 heteroatoms. The summed E-state index contributed by atoms with van der Waals surface area (Å²) in [6.07, 6.45) is 1.26. The molecule has 1 aliphatic rings. The maximum absolute atomic E-state index is 12.8. The van der Waals surface area contributed by atoms with Crippen LogP contribution in [-0.2, 0) is 11.2 Å². The van der Waals surface area contributed by atoms with Crippen molar-refractivity contribution in [2.24, 2.45) is 0 Å². The third kappa shape index (κ3) is 4.16. The van der Waals surface area contributed by atoms with Gasteiger partial charge in [-0.15, -0.1) is 0 Å². The molecule has 170 valence electrons. The highest BCUT2D eigenvalue weighted by molar-refractivity contribution is 5.85. The summed E-state index contributed by atoms with van der Waals surface area (Å²) in [5.74, 6) is 0.252.